The molecule has 134 valence electrons. The summed E-state index contributed by atoms with van der Waals surface area (Å²) in [5.74, 6) is 0.120. The van der Waals surface area contributed by atoms with Gasteiger partial charge in [0.15, 0.2) is 5.65 Å². The molecule has 4 rings (SSSR count). The monoisotopic (exact) mass is 341 g/mol. The van der Waals surface area contributed by atoms with Crippen molar-refractivity contribution >= 4 is 16.9 Å². The molecule has 2 aromatic heterocycles. The SMILES string of the molecule is CC(C)n1ncc2cc(C(=O)N3CCC[C@@H]3[C@H]3CCCN3C)cnc21. The largest absolute Gasteiger partial charge is 0.334 e. The van der Waals surface area contributed by atoms with Crippen molar-refractivity contribution in [2.24, 2.45) is 0 Å². The molecular formula is C19H27N5O. The zero-order chi connectivity index (χ0) is 17.6. The van der Waals surface area contributed by atoms with E-state index >= 15 is 0 Å². The highest BCUT2D eigenvalue weighted by Gasteiger charge is 2.38. The van der Waals surface area contributed by atoms with Crippen LogP contribution < -0.4 is 0 Å². The summed E-state index contributed by atoms with van der Waals surface area (Å²) in [6.07, 6.45) is 8.18. The third kappa shape index (κ3) is 2.82. The number of carbonyl (C=O) groups is 1. The van der Waals surface area contributed by atoms with E-state index in [2.05, 4.69) is 40.8 Å². The molecule has 0 aromatic carbocycles. The van der Waals surface area contributed by atoms with Crippen molar-refractivity contribution in [3.8, 4) is 0 Å². The Balaban J connectivity index is 1.60. The van der Waals surface area contributed by atoms with Gasteiger partial charge >= 0.3 is 0 Å². The Bertz CT molecular complexity index is 783. The Labute approximate surface area is 148 Å². The van der Waals surface area contributed by atoms with Crippen LogP contribution in [0.1, 0.15) is 55.9 Å². The average molecular weight is 341 g/mol. The number of aromatic nitrogens is 3. The Hall–Kier alpha value is -1.95. The molecule has 6 nitrogen and oxygen atoms in total. The fourth-order valence-electron chi connectivity index (χ4n) is 4.47. The Morgan fingerprint density at radius 2 is 1.92 bits per heavy atom. The van der Waals surface area contributed by atoms with Crippen LogP contribution in [-0.2, 0) is 0 Å². The summed E-state index contributed by atoms with van der Waals surface area (Å²) in [6, 6.07) is 3.05. The van der Waals surface area contributed by atoms with Crippen LogP contribution in [0.15, 0.2) is 18.5 Å². The molecule has 2 fully saturated rings. The number of fused-ring (bicyclic) bond motifs is 1. The number of rotatable bonds is 3. The topological polar surface area (TPSA) is 54.3 Å². The minimum atomic E-state index is 0.120. The number of likely N-dealkylation sites (N-methyl/N-ethyl adjacent to an activating group) is 1. The Morgan fingerprint density at radius 3 is 2.64 bits per heavy atom. The lowest BCUT2D eigenvalue weighted by Crippen LogP contribution is -2.47. The van der Waals surface area contributed by atoms with E-state index in [1.807, 2.05) is 16.9 Å². The lowest BCUT2D eigenvalue weighted by Gasteiger charge is -2.33. The molecule has 2 atom stereocenters. The van der Waals surface area contributed by atoms with E-state index in [1.165, 1.54) is 12.8 Å². The molecule has 6 heteroatoms. The number of carbonyl (C=O) groups excluding carboxylic acids is 1. The van der Waals surface area contributed by atoms with Crippen LogP contribution in [0, 0.1) is 0 Å². The van der Waals surface area contributed by atoms with Gasteiger partial charge in [-0.15, -0.1) is 0 Å². The third-order valence-corrected chi connectivity index (χ3v) is 5.75. The highest BCUT2D eigenvalue weighted by Crippen LogP contribution is 2.30. The van der Waals surface area contributed by atoms with E-state index in [0.717, 1.165) is 37.0 Å². The van der Waals surface area contributed by atoms with Crippen LogP contribution in [0.4, 0.5) is 0 Å². The van der Waals surface area contributed by atoms with Gasteiger partial charge in [-0.25, -0.2) is 9.67 Å². The van der Waals surface area contributed by atoms with Crippen LogP contribution in [0.5, 0.6) is 0 Å². The number of amides is 1. The lowest BCUT2D eigenvalue weighted by molar-refractivity contribution is 0.0664. The third-order valence-electron chi connectivity index (χ3n) is 5.75. The van der Waals surface area contributed by atoms with Crippen LogP contribution in [0.25, 0.3) is 11.0 Å². The van der Waals surface area contributed by atoms with Crippen LogP contribution in [0.2, 0.25) is 0 Å². The van der Waals surface area contributed by atoms with Crippen molar-refractivity contribution in [3.63, 3.8) is 0 Å². The smallest absolute Gasteiger partial charge is 0.255 e. The van der Waals surface area contributed by atoms with Crippen molar-refractivity contribution in [1.82, 2.24) is 24.6 Å². The van der Waals surface area contributed by atoms with Gasteiger partial charge in [0.1, 0.15) is 0 Å². The molecule has 2 aliphatic heterocycles. The molecule has 0 bridgehead atoms. The highest BCUT2D eigenvalue weighted by molar-refractivity contribution is 5.97. The summed E-state index contributed by atoms with van der Waals surface area (Å²) in [5.41, 5.74) is 1.53. The Morgan fingerprint density at radius 1 is 1.16 bits per heavy atom. The van der Waals surface area contributed by atoms with Gasteiger partial charge in [-0.1, -0.05) is 0 Å². The van der Waals surface area contributed by atoms with Gasteiger partial charge in [0.05, 0.1) is 11.8 Å². The van der Waals surface area contributed by atoms with E-state index in [1.54, 1.807) is 6.20 Å². The molecule has 0 spiro atoms. The van der Waals surface area contributed by atoms with Crippen LogP contribution in [-0.4, -0.2) is 62.7 Å². The van der Waals surface area contributed by atoms with E-state index in [0.29, 0.717) is 17.6 Å². The standard InChI is InChI=1S/C19H27N5O/c1-13(2)24-18-14(12-21-24)10-15(11-20-18)19(25)23-9-5-7-17(23)16-6-4-8-22(16)3/h10-13,16-17H,4-9H2,1-3H3/t16-,17-/m1/s1. The molecule has 0 saturated carbocycles. The summed E-state index contributed by atoms with van der Waals surface area (Å²) in [6.45, 7) is 6.17. The number of likely N-dealkylation sites (tertiary alicyclic amines) is 2. The number of hydrogen-bond acceptors (Lipinski definition) is 4. The maximum absolute atomic E-state index is 13.1. The van der Waals surface area contributed by atoms with Crippen LogP contribution in [0.3, 0.4) is 0 Å². The fourth-order valence-corrected chi connectivity index (χ4v) is 4.47. The maximum Gasteiger partial charge on any atom is 0.255 e. The zero-order valence-corrected chi connectivity index (χ0v) is 15.4. The summed E-state index contributed by atoms with van der Waals surface area (Å²) >= 11 is 0. The minimum Gasteiger partial charge on any atom is -0.334 e. The molecule has 2 saturated heterocycles. The molecular weight excluding hydrogens is 314 g/mol. The minimum absolute atomic E-state index is 0.120. The lowest BCUT2D eigenvalue weighted by atomic mass is 10.0. The first-order valence-electron chi connectivity index (χ1n) is 9.40. The molecule has 4 heterocycles. The normalized spacial score (nSPS) is 24.7. The second-order valence-corrected chi connectivity index (χ2v) is 7.72. The average Bonchev–Trinajstić information content (AvgIpc) is 3.31. The fraction of sp³-hybridized carbons (Fsp3) is 0.632. The second kappa shape index (κ2) is 6.41. The van der Waals surface area contributed by atoms with Gasteiger partial charge in [-0.2, -0.15) is 5.10 Å². The second-order valence-electron chi connectivity index (χ2n) is 7.72. The summed E-state index contributed by atoms with van der Waals surface area (Å²) < 4.78 is 1.90. The van der Waals surface area contributed by atoms with E-state index < -0.39 is 0 Å². The molecule has 0 unspecified atom stereocenters. The quantitative estimate of drug-likeness (QED) is 0.861. The van der Waals surface area contributed by atoms with Gasteiger partial charge in [0.2, 0.25) is 0 Å². The molecule has 2 aliphatic rings. The van der Waals surface area contributed by atoms with Gasteiger partial charge in [-0.3, -0.25) is 4.79 Å². The molecule has 0 aliphatic carbocycles. The zero-order valence-electron chi connectivity index (χ0n) is 15.4. The van der Waals surface area contributed by atoms with Gasteiger partial charge in [0.25, 0.3) is 5.91 Å². The maximum atomic E-state index is 13.1. The van der Waals surface area contributed by atoms with E-state index in [-0.39, 0.29) is 11.9 Å². The first-order chi connectivity index (χ1) is 12.1. The number of pyridine rings is 1. The molecule has 1 amide bonds. The van der Waals surface area contributed by atoms with Gasteiger partial charge in [-0.05, 0) is 59.2 Å². The van der Waals surface area contributed by atoms with E-state index in [9.17, 15) is 4.79 Å². The summed E-state index contributed by atoms with van der Waals surface area (Å²) in [4.78, 5) is 22.2. The van der Waals surface area contributed by atoms with Crippen molar-refractivity contribution in [1.29, 1.82) is 0 Å². The predicted octanol–water partition coefficient (Wildman–Crippen LogP) is 2.71. The highest BCUT2D eigenvalue weighted by atomic mass is 16.2. The number of hydrogen-bond donors (Lipinski definition) is 0. The van der Waals surface area contributed by atoms with Crippen molar-refractivity contribution in [3.05, 3.63) is 24.0 Å². The van der Waals surface area contributed by atoms with Gasteiger partial charge in [0, 0.05) is 36.3 Å². The number of nitrogens with zero attached hydrogens (tertiary/aromatic N) is 5. The van der Waals surface area contributed by atoms with Crippen molar-refractivity contribution in [2.75, 3.05) is 20.1 Å². The van der Waals surface area contributed by atoms with Gasteiger partial charge < -0.3 is 9.80 Å². The first kappa shape index (κ1) is 16.5. The first-order valence-corrected chi connectivity index (χ1v) is 9.40. The predicted molar refractivity (Wildman–Crippen MR) is 97.6 cm³/mol. The summed E-state index contributed by atoms with van der Waals surface area (Å²) in [7, 11) is 2.19. The van der Waals surface area contributed by atoms with E-state index in [4.69, 9.17) is 0 Å². The molecule has 0 N–H and O–H groups in total. The van der Waals surface area contributed by atoms with Crippen molar-refractivity contribution < 1.29 is 4.79 Å². The van der Waals surface area contributed by atoms with Crippen molar-refractivity contribution in [2.45, 2.75) is 57.7 Å². The molecule has 2 aromatic rings. The van der Waals surface area contributed by atoms with Crippen LogP contribution >= 0.6 is 0 Å². The molecule has 0 radical (unpaired) electrons. The summed E-state index contributed by atoms with van der Waals surface area (Å²) in [5, 5.41) is 5.34. The Kier molecular flexibility index (Phi) is 4.23. The molecule has 25 heavy (non-hydrogen) atoms.